The number of fused-ring (bicyclic) bond motifs is 1. The standard InChI is InChI=1S/C24H42N2O3/c1-4-5-6-17-7-12-22-21(13-17)20(14-23(25-22)26(3)15-24(28)29)19-10-8-18(9-11-19)16(2)27/h17-23,25H,4-15H2,1-3H3,(H,28,29). The number of carboxylic acid groups (broad SMARTS) is 1. The second-order valence-electron chi connectivity index (χ2n) is 10.2. The zero-order valence-electron chi connectivity index (χ0n) is 18.7. The van der Waals surface area contributed by atoms with E-state index in [2.05, 4.69) is 12.2 Å². The Morgan fingerprint density at radius 2 is 1.76 bits per heavy atom. The third-order valence-electron chi connectivity index (χ3n) is 8.29. The van der Waals surface area contributed by atoms with Crippen LogP contribution in [-0.2, 0) is 9.59 Å². The number of carboxylic acids is 1. The molecular weight excluding hydrogens is 364 g/mol. The average molecular weight is 407 g/mol. The topological polar surface area (TPSA) is 69.6 Å². The zero-order chi connectivity index (χ0) is 21.0. The highest BCUT2D eigenvalue weighted by Gasteiger charge is 2.45. The Morgan fingerprint density at radius 3 is 2.38 bits per heavy atom. The molecule has 3 fully saturated rings. The van der Waals surface area contributed by atoms with Gasteiger partial charge < -0.3 is 5.11 Å². The molecule has 29 heavy (non-hydrogen) atoms. The van der Waals surface area contributed by atoms with Crippen LogP contribution in [0.2, 0.25) is 0 Å². The van der Waals surface area contributed by atoms with Gasteiger partial charge in [0.1, 0.15) is 5.78 Å². The maximum absolute atomic E-state index is 11.8. The average Bonchev–Trinajstić information content (AvgIpc) is 2.70. The number of likely N-dealkylation sites (N-methyl/N-ethyl adjacent to an activating group) is 1. The molecule has 166 valence electrons. The summed E-state index contributed by atoms with van der Waals surface area (Å²) in [5.74, 6) is 2.84. The van der Waals surface area contributed by atoms with Gasteiger partial charge in [0.25, 0.3) is 0 Å². The number of hydrogen-bond donors (Lipinski definition) is 2. The molecule has 0 radical (unpaired) electrons. The van der Waals surface area contributed by atoms with Gasteiger partial charge in [0.15, 0.2) is 0 Å². The van der Waals surface area contributed by atoms with E-state index < -0.39 is 5.97 Å². The van der Waals surface area contributed by atoms with Crippen LogP contribution >= 0.6 is 0 Å². The van der Waals surface area contributed by atoms with Gasteiger partial charge in [-0.1, -0.05) is 26.2 Å². The Balaban J connectivity index is 1.71. The van der Waals surface area contributed by atoms with Crippen molar-refractivity contribution in [2.45, 2.75) is 96.7 Å². The summed E-state index contributed by atoms with van der Waals surface area (Å²) < 4.78 is 0. The van der Waals surface area contributed by atoms with Gasteiger partial charge in [0.05, 0.1) is 12.7 Å². The van der Waals surface area contributed by atoms with Gasteiger partial charge in [-0.15, -0.1) is 0 Å². The normalized spacial score (nSPS) is 37.9. The summed E-state index contributed by atoms with van der Waals surface area (Å²) in [4.78, 5) is 25.1. The van der Waals surface area contributed by atoms with Gasteiger partial charge in [-0.05, 0) is 89.0 Å². The number of Topliss-reactive ketones (excluding diaryl/α,β-unsaturated/α-hetero) is 1. The second kappa shape index (κ2) is 10.4. The highest BCUT2D eigenvalue weighted by Crippen LogP contribution is 2.47. The lowest BCUT2D eigenvalue weighted by molar-refractivity contribution is -0.139. The number of carbonyl (C=O) groups excluding carboxylic acids is 1. The minimum atomic E-state index is -0.752. The number of rotatable bonds is 8. The molecule has 5 heteroatoms. The summed E-state index contributed by atoms with van der Waals surface area (Å²) in [5.41, 5.74) is 0. The van der Waals surface area contributed by atoms with E-state index in [4.69, 9.17) is 0 Å². The highest BCUT2D eigenvalue weighted by atomic mass is 16.4. The maximum Gasteiger partial charge on any atom is 0.317 e. The lowest BCUT2D eigenvalue weighted by Crippen LogP contribution is -2.60. The van der Waals surface area contributed by atoms with Crippen LogP contribution in [0, 0.1) is 29.6 Å². The van der Waals surface area contributed by atoms with Crippen LogP contribution in [0.25, 0.3) is 0 Å². The molecule has 0 aromatic rings. The van der Waals surface area contributed by atoms with Crippen molar-refractivity contribution in [3.05, 3.63) is 0 Å². The van der Waals surface area contributed by atoms with Crippen LogP contribution in [0.3, 0.4) is 0 Å². The Morgan fingerprint density at radius 1 is 1.03 bits per heavy atom. The molecule has 0 bridgehead atoms. The predicted octanol–water partition coefficient (Wildman–Crippen LogP) is 4.31. The summed E-state index contributed by atoms with van der Waals surface area (Å²) in [7, 11) is 1.95. The Hall–Kier alpha value is -0.940. The Bertz CT molecular complexity index is 558. The fraction of sp³-hybridized carbons (Fsp3) is 0.917. The predicted molar refractivity (Wildman–Crippen MR) is 116 cm³/mol. The summed E-state index contributed by atoms with van der Waals surface area (Å²) in [5, 5.41) is 13.1. The van der Waals surface area contributed by atoms with E-state index in [0.29, 0.717) is 23.7 Å². The molecule has 0 amide bonds. The lowest BCUT2D eigenvalue weighted by atomic mass is 9.61. The van der Waals surface area contributed by atoms with Gasteiger partial charge in [0.2, 0.25) is 0 Å². The van der Waals surface area contributed by atoms with Crippen molar-refractivity contribution >= 4 is 11.8 Å². The van der Waals surface area contributed by atoms with Gasteiger partial charge in [-0.2, -0.15) is 0 Å². The van der Waals surface area contributed by atoms with Crippen LogP contribution in [0.1, 0.15) is 84.5 Å². The van der Waals surface area contributed by atoms with Gasteiger partial charge in [-0.3, -0.25) is 19.8 Å². The number of piperidine rings is 1. The van der Waals surface area contributed by atoms with E-state index in [-0.39, 0.29) is 18.6 Å². The molecule has 0 aromatic heterocycles. The van der Waals surface area contributed by atoms with Gasteiger partial charge >= 0.3 is 5.97 Å². The first-order valence-corrected chi connectivity index (χ1v) is 12.1. The number of unbranched alkanes of at least 4 members (excludes halogenated alkanes) is 1. The van der Waals surface area contributed by atoms with Crippen molar-refractivity contribution in [2.24, 2.45) is 29.6 Å². The van der Waals surface area contributed by atoms with Crippen LogP contribution in [0.5, 0.6) is 0 Å². The molecule has 2 aliphatic carbocycles. The maximum atomic E-state index is 11.8. The summed E-state index contributed by atoms with van der Waals surface area (Å²) >= 11 is 0. The molecule has 1 aliphatic heterocycles. The van der Waals surface area contributed by atoms with Crippen molar-refractivity contribution < 1.29 is 14.7 Å². The number of aliphatic carboxylic acids is 1. The molecule has 2 saturated carbocycles. The molecule has 5 atom stereocenters. The third-order valence-corrected chi connectivity index (χ3v) is 8.29. The number of nitrogens with one attached hydrogen (secondary N) is 1. The second-order valence-corrected chi connectivity index (χ2v) is 10.2. The van der Waals surface area contributed by atoms with E-state index in [1.54, 1.807) is 6.92 Å². The van der Waals surface area contributed by atoms with Crippen molar-refractivity contribution in [2.75, 3.05) is 13.6 Å². The van der Waals surface area contributed by atoms with Crippen molar-refractivity contribution in [3.63, 3.8) is 0 Å². The van der Waals surface area contributed by atoms with Crippen LogP contribution in [0.15, 0.2) is 0 Å². The quantitative estimate of drug-likeness (QED) is 0.629. The number of hydrogen-bond acceptors (Lipinski definition) is 4. The molecule has 0 aromatic carbocycles. The van der Waals surface area contributed by atoms with E-state index in [9.17, 15) is 14.7 Å². The van der Waals surface area contributed by atoms with E-state index in [1.807, 2.05) is 11.9 Å². The SMILES string of the molecule is CCCCC1CCC2NC(N(C)CC(=O)O)CC(C3CCC(C(C)=O)CC3)C2C1. The molecule has 5 unspecified atom stereocenters. The first kappa shape index (κ1) is 22.7. The van der Waals surface area contributed by atoms with Gasteiger partial charge in [0, 0.05) is 12.0 Å². The molecule has 2 N–H and O–H groups in total. The van der Waals surface area contributed by atoms with Gasteiger partial charge in [-0.25, -0.2) is 0 Å². The molecule has 1 saturated heterocycles. The molecule has 1 heterocycles. The first-order chi connectivity index (χ1) is 13.9. The number of carbonyl (C=O) groups is 2. The minimum absolute atomic E-state index is 0.0952. The summed E-state index contributed by atoms with van der Waals surface area (Å²) in [6, 6.07) is 0.526. The minimum Gasteiger partial charge on any atom is -0.480 e. The van der Waals surface area contributed by atoms with Crippen LogP contribution < -0.4 is 5.32 Å². The smallest absolute Gasteiger partial charge is 0.317 e. The molecular formula is C24H42N2O3. The Labute approximate surface area is 177 Å². The molecule has 0 spiro atoms. The van der Waals surface area contributed by atoms with Crippen molar-refractivity contribution in [3.8, 4) is 0 Å². The first-order valence-electron chi connectivity index (χ1n) is 12.1. The monoisotopic (exact) mass is 406 g/mol. The lowest BCUT2D eigenvalue weighted by Gasteiger charge is -2.52. The van der Waals surface area contributed by atoms with Crippen LogP contribution in [0.4, 0.5) is 0 Å². The van der Waals surface area contributed by atoms with Crippen molar-refractivity contribution in [1.82, 2.24) is 10.2 Å². The van der Waals surface area contributed by atoms with E-state index in [1.165, 1.54) is 51.4 Å². The summed E-state index contributed by atoms with van der Waals surface area (Å²) in [6.07, 6.45) is 13.5. The zero-order valence-corrected chi connectivity index (χ0v) is 18.7. The highest BCUT2D eigenvalue weighted by molar-refractivity contribution is 5.78. The molecule has 3 aliphatic rings. The van der Waals surface area contributed by atoms with Crippen molar-refractivity contribution in [1.29, 1.82) is 0 Å². The third kappa shape index (κ3) is 5.81. The van der Waals surface area contributed by atoms with E-state index in [0.717, 1.165) is 31.1 Å². The van der Waals surface area contributed by atoms with E-state index >= 15 is 0 Å². The molecule has 3 rings (SSSR count). The molecule has 5 nitrogen and oxygen atoms in total. The fourth-order valence-electron chi connectivity index (χ4n) is 6.61. The fourth-order valence-corrected chi connectivity index (χ4v) is 6.61. The largest absolute Gasteiger partial charge is 0.480 e. The Kier molecular flexibility index (Phi) is 8.15. The van der Waals surface area contributed by atoms with Crippen LogP contribution in [-0.4, -0.2) is 47.6 Å². The number of ketones is 1. The summed E-state index contributed by atoms with van der Waals surface area (Å²) in [6.45, 7) is 4.13. The number of nitrogens with zero attached hydrogens (tertiary/aromatic N) is 1.